The summed E-state index contributed by atoms with van der Waals surface area (Å²) in [5, 5.41) is 3.13. The highest BCUT2D eigenvalue weighted by Gasteiger charge is 2.20. The van der Waals surface area contributed by atoms with Crippen molar-refractivity contribution in [2.24, 2.45) is 10.9 Å². The van der Waals surface area contributed by atoms with Gasteiger partial charge in [0.05, 0.1) is 12.3 Å². The van der Waals surface area contributed by atoms with E-state index in [2.05, 4.69) is 19.8 Å². The number of aliphatic imine (C=N–C) groups is 1. The molecule has 0 aromatic heterocycles. The Morgan fingerprint density at radius 2 is 2.00 bits per heavy atom. The maximum Gasteiger partial charge on any atom is 0.387 e. The van der Waals surface area contributed by atoms with Gasteiger partial charge >= 0.3 is 6.61 Å². The van der Waals surface area contributed by atoms with Gasteiger partial charge in [0.15, 0.2) is 5.96 Å². The average Bonchev–Trinajstić information content (AvgIpc) is 2.60. The Morgan fingerprint density at radius 1 is 1.31 bits per heavy atom. The number of nitrogens with zero attached hydrogens (tertiary/aromatic N) is 2. The molecular formula is C19H30F2N4O3S. The van der Waals surface area contributed by atoms with Crippen LogP contribution < -0.4 is 14.8 Å². The van der Waals surface area contributed by atoms with Gasteiger partial charge in [-0.1, -0.05) is 18.6 Å². The molecule has 1 aliphatic carbocycles. The fraction of sp³-hybridized carbons (Fsp3) is 0.632. The summed E-state index contributed by atoms with van der Waals surface area (Å²) in [5.41, 5.74) is 0.884. The van der Waals surface area contributed by atoms with E-state index in [1.807, 2.05) is 18.9 Å². The van der Waals surface area contributed by atoms with E-state index in [1.54, 1.807) is 12.1 Å². The molecule has 0 unspecified atom stereocenters. The average molecular weight is 433 g/mol. The molecule has 1 saturated carbocycles. The zero-order chi connectivity index (χ0) is 21.3. The van der Waals surface area contributed by atoms with Crippen LogP contribution in [0.5, 0.6) is 5.75 Å². The number of benzene rings is 1. The number of sulfonamides is 1. The fourth-order valence-electron chi connectivity index (χ4n) is 2.88. The highest BCUT2D eigenvalue weighted by Crippen LogP contribution is 2.25. The number of nitrogens with one attached hydrogen (secondary N) is 2. The lowest BCUT2D eigenvalue weighted by molar-refractivity contribution is -0.0498. The van der Waals surface area contributed by atoms with E-state index in [-0.39, 0.29) is 18.0 Å². The van der Waals surface area contributed by atoms with Gasteiger partial charge in [0, 0.05) is 26.7 Å². The number of guanidine groups is 1. The summed E-state index contributed by atoms with van der Waals surface area (Å²) in [5.74, 6) is 1.08. The van der Waals surface area contributed by atoms with Crippen LogP contribution in [0.25, 0.3) is 0 Å². The zero-order valence-corrected chi connectivity index (χ0v) is 17.7. The largest absolute Gasteiger partial charge is 0.435 e. The van der Waals surface area contributed by atoms with Gasteiger partial charge in [-0.15, -0.1) is 0 Å². The lowest BCUT2D eigenvalue weighted by atomic mass is 9.86. The van der Waals surface area contributed by atoms with Crippen molar-refractivity contribution >= 4 is 16.0 Å². The number of rotatable bonds is 11. The molecule has 0 spiro atoms. The molecule has 1 fully saturated rings. The van der Waals surface area contributed by atoms with Crippen LogP contribution in [0.3, 0.4) is 0 Å². The standard InChI is InChI=1S/C19H30F2N4O3S/c1-3-22-19(23-11-12-29(26,27)24-13-15-5-4-6-15)25(2)14-16-7-9-17(10-8-16)28-18(20)21/h7-10,15,18,24H,3-6,11-14H2,1-2H3,(H,22,23). The minimum Gasteiger partial charge on any atom is -0.435 e. The molecular weight excluding hydrogens is 402 g/mol. The third-order valence-corrected chi connectivity index (χ3v) is 6.03. The van der Waals surface area contributed by atoms with Crippen LogP contribution in [0.15, 0.2) is 29.3 Å². The minimum atomic E-state index is -3.34. The predicted molar refractivity (Wildman–Crippen MR) is 110 cm³/mol. The van der Waals surface area contributed by atoms with Crippen LogP contribution >= 0.6 is 0 Å². The second-order valence-corrected chi connectivity index (χ2v) is 9.00. The Kier molecular flexibility index (Phi) is 9.09. The lowest BCUT2D eigenvalue weighted by Gasteiger charge is -2.25. The molecule has 1 aliphatic rings. The Hall–Kier alpha value is -1.94. The second-order valence-electron chi connectivity index (χ2n) is 7.08. The van der Waals surface area contributed by atoms with Gasteiger partial charge in [-0.25, -0.2) is 13.1 Å². The lowest BCUT2D eigenvalue weighted by Crippen LogP contribution is -2.39. The number of hydrogen-bond acceptors (Lipinski definition) is 4. The number of ether oxygens (including phenoxy) is 1. The molecule has 10 heteroatoms. The quantitative estimate of drug-likeness (QED) is 0.415. The summed E-state index contributed by atoms with van der Waals surface area (Å²) < 4.78 is 55.7. The van der Waals surface area contributed by atoms with E-state index in [9.17, 15) is 17.2 Å². The SMILES string of the molecule is CCNC(=NCCS(=O)(=O)NCC1CCC1)N(C)Cc1ccc(OC(F)F)cc1. The second kappa shape index (κ2) is 11.3. The normalized spacial score (nSPS) is 15.3. The van der Waals surface area contributed by atoms with Gasteiger partial charge in [-0.2, -0.15) is 8.78 Å². The first-order valence-electron chi connectivity index (χ1n) is 9.79. The van der Waals surface area contributed by atoms with Gasteiger partial charge in [0.2, 0.25) is 10.0 Å². The van der Waals surface area contributed by atoms with E-state index < -0.39 is 16.6 Å². The van der Waals surface area contributed by atoms with Gasteiger partial charge in [-0.05, 0) is 43.4 Å². The van der Waals surface area contributed by atoms with Crippen molar-refractivity contribution in [1.29, 1.82) is 0 Å². The van der Waals surface area contributed by atoms with Gasteiger partial charge in [0.1, 0.15) is 5.75 Å². The maximum absolute atomic E-state index is 12.2. The Labute approximate surface area is 171 Å². The smallest absolute Gasteiger partial charge is 0.387 e. The van der Waals surface area contributed by atoms with E-state index in [0.717, 1.165) is 18.4 Å². The summed E-state index contributed by atoms with van der Waals surface area (Å²) in [6.45, 7) is 0.849. The number of alkyl halides is 2. The zero-order valence-electron chi connectivity index (χ0n) is 16.9. The van der Waals surface area contributed by atoms with Gasteiger partial charge in [-0.3, -0.25) is 4.99 Å². The summed E-state index contributed by atoms with van der Waals surface area (Å²) in [7, 11) is -1.51. The van der Waals surface area contributed by atoms with Crippen molar-refractivity contribution in [3.8, 4) is 5.75 Å². The maximum atomic E-state index is 12.2. The van der Waals surface area contributed by atoms with Crippen molar-refractivity contribution < 1.29 is 21.9 Å². The first-order valence-corrected chi connectivity index (χ1v) is 11.4. The van der Waals surface area contributed by atoms with Crippen LogP contribution in [-0.2, 0) is 16.6 Å². The molecule has 164 valence electrons. The molecule has 2 rings (SSSR count). The van der Waals surface area contributed by atoms with Crippen LogP contribution in [0.4, 0.5) is 8.78 Å². The molecule has 0 atom stereocenters. The van der Waals surface area contributed by atoms with Crippen LogP contribution in [0.2, 0.25) is 0 Å². The van der Waals surface area contributed by atoms with Gasteiger partial charge in [0.25, 0.3) is 0 Å². The van der Waals surface area contributed by atoms with Crippen molar-refractivity contribution in [3.05, 3.63) is 29.8 Å². The summed E-state index contributed by atoms with van der Waals surface area (Å²) in [6, 6.07) is 6.37. The molecule has 0 amide bonds. The van der Waals surface area contributed by atoms with Crippen LogP contribution in [0.1, 0.15) is 31.7 Å². The number of hydrogen-bond donors (Lipinski definition) is 2. The third-order valence-electron chi connectivity index (χ3n) is 4.70. The molecule has 0 saturated heterocycles. The molecule has 0 heterocycles. The topological polar surface area (TPSA) is 83.0 Å². The Balaban J connectivity index is 1.87. The van der Waals surface area contributed by atoms with Crippen LogP contribution in [-0.4, -0.2) is 58.3 Å². The molecule has 0 aliphatic heterocycles. The molecule has 1 aromatic rings. The first-order chi connectivity index (χ1) is 13.8. The minimum absolute atomic E-state index is 0.0673. The molecule has 2 N–H and O–H groups in total. The molecule has 0 radical (unpaired) electrons. The third kappa shape index (κ3) is 8.53. The molecule has 29 heavy (non-hydrogen) atoms. The number of halogens is 2. The predicted octanol–water partition coefficient (Wildman–Crippen LogP) is 2.40. The Morgan fingerprint density at radius 3 is 2.55 bits per heavy atom. The molecule has 7 nitrogen and oxygen atoms in total. The van der Waals surface area contributed by atoms with E-state index in [1.165, 1.54) is 18.6 Å². The van der Waals surface area contributed by atoms with Gasteiger partial charge < -0.3 is 15.0 Å². The summed E-state index contributed by atoms with van der Waals surface area (Å²) in [4.78, 5) is 6.25. The summed E-state index contributed by atoms with van der Waals surface area (Å²) in [6.07, 6.45) is 3.35. The van der Waals surface area contributed by atoms with E-state index in [4.69, 9.17) is 0 Å². The highest BCUT2D eigenvalue weighted by atomic mass is 32.2. The monoisotopic (exact) mass is 432 g/mol. The highest BCUT2D eigenvalue weighted by molar-refractivity contribution is 7.89. The van der Waals surface area contributed by atoms with Crippen molar-refractivity contribution in [2.75, 3.05) is 32.4 Å². The van der Waals surface area contributed by atoms with Crippen LogP contribution in [0, 0.1) is 5.92 Å². The molecule has 0 bridgehead atoms. The van der Waals surface area contributed by atoms with Crippen molar-refractivity contribution in [2.45, 2.75) is 39.3 Å². The summed E-state index contributed by atoms with van der Waals surface area (Å²) >= 11 is 0. The van der Waals surface area contributed by atoms with E-state index in [0.29, 0.717) is 31.5 Å². The van der Waals surface area contributed by atoms with Crippen molar-refractivity contribution in [1.82, 2.24) is 14.9 Å². The van der Waals surface area contributed by atoms with E-state index >= 15 is 0 Å². The first kappa shape index (κ1) is 23.3. The fourth-order valence-corrected chi connectivity index (χ4v) is 3.85. The van der Waals surface area contributed by atoms with Crippen molar-refractivity contribution in [3.63, 3.8) is 0 Å². The Bertz CT molecular complexity index is 753. The molecule has 1 aromatic carbocycles.